The number of likely N-dealkylation sites (tertiary alicyclic amines) is 1. The van der Waals surface area contributed by atoms with Gasteiger partial charge in [0, 0.05) is 26.2 Å². The van der Waals surface area contributed by atoms with Crippen molar-refractivity contribution in [1.82, 2.24) is 14.9 Å². The predicted molar refractivity (Wildman–Crippen MR) is 101 cm³/mol. The molecular formula is C20H24N6. The van der Waals surface area contributed by atoms with E-state index in [1.54, 1.807) is 0 Å². The Balaban J connectivity index is 1.45. The monoisotopic (exact) mass is 348 g/mol. The highest BCUT2D eigenvalue weighted by Crippen LogP contribution is 2.35. The highest BCUT2D eigenvalue weighted by atomic mass is 15.3. The first kappa shape index (κ1) is 16.8. The molecule has 0 unspecified atom stereocenters. The van der Waals surface area contributed by atoms with E-state index in [1.807, 2.05) is 13.0 Å². The number of anilines is 2. The van der Waals surface area contributed by atoms with E-state index in [0.717, 1.165) is 44.2 Å². The molecule has 2 aromatic rings. The first-order chi connectivity index (χ1) is 12.6. The summed E-state index contributed by atoms with van der Waals surface area (Å²) in [6, 6.07) is 12.7. The highest BCUT2D eigenvalue weighted by molar-refractivity contribution is 5.54. The van der Waals surface area contributed by atoms with Gasteiger partial charge in [-0.05, 0) is 37.3 Å². The Morgan fingerprint density at radius 3 is 2.69 bits per heavy atom. The molecular weight excluding hydrogens is 324 g/mol. The Labute approximate surface area is 154 Å². The maximum Gasteiger partial charge on any atom is 0.183 e. The maximum absolute atomic E-state index is 9.07. The first-order valence-corrected chi connectivity index (χ1v) is 9.19. The van der Waals surface area contributed by atoms with E-state index < -0.39 is 0 Å². The van der Waals surface area contributed by atoms with Gasteiger partial charge >= 0.3 is 0 Å². The summed E-state index contributed by atoms with van der Waals surface area (Å²) in [4.78, 5) is 13.7. The van der Waals surface area contributed by atoms with Gasteiger partial charge < -0.3 is 10.6 Å². The lowest BCUT2D eigenvalue weighted by molar-refractivity contribution is 0.142. The molecule has 2 aliphatic rings. The van der Waals surface area contributed by atoms with Crippen LogP contribution in [0, 0.1) is 30.1 Å². The average Bonchev–Trinajstić information content (AvgIpc) is 3.07. The molecule has 2 atom stereocenters. The summed E-state index contributed by atoms with van der Waals surface area (Å²) in [7, 11) is 0. The molecule has 2 fully saturated rings. The van der Waals surface area contributed by atoms with Crippen LogP contribution in [-0.4, -0.2) is 41.0 Å². The lowest BCUT2D eigenvalue weighted by Gasteiger charge is -2.34. The van der Waals surface area contributed by atoms with Gasteiger partial charge in [0.15, 0.2) is 17.3 Å². The molecule has 0 aliphatic carbocycles. The van der Waals surface area contributed by atoms with Crippen molar-refractivity contribution in [2.24, 2.45) is 11.8 Å². The summed E-state index contributed by atoms with van der Waals surface area (Å²) in [5.74, 6) is 2.41. The van der Waals surface area contributed by atoms with Crippen molar-refractivity contribution in [2.45, 2.75) is 19.9 Å². The van der Waals surface area contributed by atoms with Gasteiger partial charge in [0.05, 0.1) is 5.69 Å². The zero-order valence-electron chi connectivity index (χ0n) is 15.1. The minimum absolute atomic E-state index is 0.219. The van der Waals surface area contributed by atoms with Gasteiger partial charge in [-0.15, -0.1) is 0 Å². The summed E-state index contributed by atoms with van der Waals surface area (Å²) in [5.41, 5.74) is 8.28. The van der Waals surface area contributed by atoms with Crippen molar-refractivity contribution in [1.29, 1.82) is 5.26 Å². The Bertz CT molecular complexity index is 828. The number of hydrogen-bond donors (Lipinski definition) is 1. The van der Waals surface area contributed by atoms with Gasteiger partial charge in [-0.3, -0.25) is 4.90 Å². The van der Waals surface area contributed by atoms with Crippen LogP contribution in [0.3, 0.4) is 0 Å². The average molecular weight is 348 g/mol. The van der Waals surface area contributed by atoms with E-state index >= 15 is 0 Å². The topological polar surface area (TPSA) is 82.1 Å². The number of nitrogens with zero attached hydrogens (tertiary/aromatic N) is 5. The Morgan fingerprint density at radius 1 is 1.15 bits per heavy atom. The van der Waals surface area contributed by atoms with Crippen molar-refractivity contribution in [3.8, 4) is 6.07 Å². The fraction of sp³-hybridized carbons (Fsp3) is 0.450. The number of aromatic nitrogens is 2. The second-order valence-corrected chi connectivity index (χ2v) is 7.41. The Kier molecular flexibility index (Phi) is 4.48. The van der Waals surface area contributed by atoms with Crippen molar-refractivity contribution in [3.05, 3.63) is 47.3 Å². The second kappa shape index (κ2) is 6.93. The number of rotatable bonds is 3. The SMILES string of the molecule is Cc1nc(C#N)c(N)nc1N1C[C@H]2CN(Cc3ccccc3)CC[C@H]2C1. The quantitative estimate of drug-likeness (QED) is 0.916. The maximum atomic E-state index is 9.07. The van der Waals surface area contributed by atoms with E-state index in [4.69, 9.17) is 11.0 Å². The molecule has 0 spiro atoms. The van der Waals surface area contributed by atoms with Gasteiger partial charge in [0.25, 0.3) is 0 Å². The molecule has 0 amide bonds. The lowest BCUT2D eigenvalue weighted by Crippen LogP contribution is -2.39. The van der Waals surface area contributed by atoms with Gasteiger partial charge in [0.2, 0.25) is 0 Å². The van der Waals surface area contributed by atoms with E-state index in [9.17, 15) is 0 Å². The third-order valence-electron chi connectivity index (χ3n) is 5.61. The van der Waals surface area contributed by atoms with Gasteiger partial charge in [-0.2, -0.15) is 5.26 Å². The standard InChI is InChI=1S/C20H24N6/c1-14-20(24-19(22)18(9-21)23-14)26-12-16-7-8-25(11-17(16)13-26)10-15-5-3-2-4-6-15/h2-6,16-17H,7-8,10-13H2,1H3,(H2,22,24)/t16-,17+/m0/s1. The lowest BCUT2D eigenvalue weighted by atomic mass is 9.88. The molecule has 1 aromatic heterocycles. The summed E-state index contributed by atoms with van der Waals surface area (Å²) >= 11 is 0. The largest absolute Gasteiger partial charge is 0.381 e. The molecule has 4 rings (SSSR count). The van der Waals surface area contributed by atoms with Crippen molar-refractivity contribution < 1.29 is 0 Å². The van der Waals surface area contributed by atoms with E-state index in [2.05, 4.69) is 50.1 Å². The predicted octanol–water partition coefficient (Wildman–Crippen LogP) is 2.20. The number of piperidine rings is 1. The summed E-state index contributed by atoms with van der Waals surface area (Å²) in [5, 5.41) is 9.07. The molecule has 0 bridgehead atoms. The molecule has 2 aliphatic heterocycles. The van der Waals surface area contributed by atoms with Crippen LogP contribution in [0.4, 0.5) is 11.6 Å². The van der Waals surface area contributed by atoms with Crippen molar-refractivity contribution >= 4 is 11.6 Å². The minimum Gasteiger partial charge on any atom is -0.381 e. The van der Waals surface area contributed by atoms with Crippen molar-refractivity contribution in [2.75, 3.05) is 36.8 Å². The smallest absolute Gasteiger partial charge is 0.183 e. The molecule has 6 nitrogen and oxygen atoms in total. The van der Waals surface area contributed by atoms with Crippen LogP contribution < -0.4 is 10.6 Å². The third-order valence-corrected chi connectivity index (χ3v) is 5.61. The summed E-state index contributed by atoms with van der Waals surface area (Å²) < 4.78 is 0. The van der Waals surface area contributed by atoms with Crippen LogP contribution in [-0.2, 0) is 6.54 Å². The van der Waals surface area contributed by atoms with E-state index in [1.165, 1.54) is 12.0 Å². The minimum atomic E-state index is 0.219. The number of benzene rings is 1. The molecule has 1 aromatic carbocycles. The second-order valence-electron chi connectivity index (χ2n) is 7.41. The van der Waals surface area contributed by atoms with Gasteiger partial charge in [-0.1, -0.05) is 30.3 Å². The van der Waals surface area contributed by atoms with Crippen molar-refractivity contribution in [3.63, 3.8) is 0 Å². The normalized spacial score (nSPS) is 22.8. The van der Waals surface area contributed by atoms with Crippen LogP contribution >= 0.6 is 0 Å². The number of nitrogen functional groups attached to an aromatic ring is 1. The molecule has 26 heavy (non-hydrogen) atoms. The molecule has 0 saturated carbocycles. The molecule has 134 valence electrons. The molecule has 3 heterocycles. The Hall–Kier alpha value is -2.65. The fourth-order valence-corrected chi connectivity index (χ4v) is 4.31. The fourth-order valence-electron chi connectivity index (χ4n) is 4.31. The zero-order valence-corrected chi connectivity index (χ0v) is 15.1. The molecule has 0 radical (unpaired) electrons. The van der Waals surface area contributed by atoms with Gasteiger partial charge in [0.1, 0.15) is 6.07 Å². The number of aryl methyl sites for hydroxylation is 1. The first-order valence-electron chi connectivity index (χ1n) is 9.19. The Morgan fingerprint density at radius 2 is 1.92 bits per heavy atom. The number of nitriles is 1. The van der Waals surface area contributed by atoms with E-state index in [-0.39, 0.29) is 11.5 Å². The highest BCUT2D eigenvalue weighted by Gasteiger charge is 2.38. The van der Waals surface area contributed by atoms with Gasteiger partial charge in [-0.25, -0.2) is 9.97 Å². The van der Waals surface area contributed by atoms with Crippen LogP contribution in [0.25, 0.3) is 0 Å². The van der Waals surface area contributed by atoms with Crippen LogP contribution in [0.1, 0.15) is 23.4 Å². The van der Waals surface area contributed by atoms with Crippen LogP contribution in [0.15, 0.2) is 30.3 Å². The van der Waals surface area contributed by atoms with Crippen LogP contribution in [0.5, 0.6) is 0 Å². The summed E-state index contributed by atoms with van der Waals surface area (Å²) in [6.45, 7) is 7.18. The zero-order chi connectivity index (χ0) is 18.1. The number of hydrogen-bond acceptors (Lipinski definition) is 6. The summed E-state index contributed by atoms with van der Waals surface area (Å²) in [6.07, 6.45) is 1.21. The molecule has 2 N–H and O–H groups in total. The number of nitrogens with two attached hydrogens (primary N) is 1. The molecule has 2 saturated heterocycles. The molecule has 6 heteroatoms. The van der Waals surface area contributed by atoms with Crippen LogP contribution in [0.2, 0.25) is 0 Å². The number of fused-ring (bicyclic) bond motifs is 1. The third kappa shape index (κ3) is 3.23. The van der Waals surface area contributed by atoms with E-state index in [0.29, 0.717) is 11.8 Å².